The van der Waals surface area contributed by atoms with E-state index in [0.717, 1.165) is 29.1 Å². The molecule has 0 aliphatic carbocycles. The van der Waals surface area contributed by atoms with E-state index >= 15 is 0 Å². The molecule has 0 saturated carbocycles. The van der Waals surface area contributed by atoms with Crippen LogP contribution in [0.3, 0.4) is 0 Å². The average molecular weight is 296 g/mol. The van der Waals surface area contributed by atoms with Crippen LogP contribution < -0.4 is 10.5 Å². The Hall–Kier alpha value is -0.910. The highest BCUT2D eigenvalue weighted by atomic mass is 32.2. The van der Waals surface area contributed by atoms with Gasteiger partial charge < -0.3 is 15.2 Å². The largest absolute Gasteiger partial charge is 0.467 e. The summed E-state index contributed by atoms with van der Waals surface area (Å²) >= 11 is 1.89. The number of nitrogens with two attached hydrogens (primary N) is 1. The molecule has 0 saturated heterocycles. The predicted molar refractivity (Wildman–Crippen MR) is 85.1 cm³/mol. The van der Waals surface area contributed by atoms with E-state index in [1.54, 1.807) is 0 Å². The van der Waals surface area contributed by atoms with E-state index in [-0.39, 0.29) is 0 Å². The third-order valence-electron chi connectivity index (χ3n) is 3.72. The molecule has 2 N–H and O–H groups in total. The van der Waals surface area contributed by atoms with Crippen molar-refractivity contribution < 1.29 is 9.47 Å². The van der Waals surface area contributed by atoms with Gasteiger partial charge in [0.1, 0.15) is 5.75 Å². The first-order valence-corrected chi connectivity index (χ1v) is 8.32. The number of nitrogen functional groups attached to an aromatic ring is 1. The SMILES string of the molecule is CSCCC(C)N(C)Cc1cc(N)cc2c1OCOC2. The summed E-state index contributed by atoms with van der Waals surface area (Å²) in [5, 5.41) is 0. The van der Waals surface area contributed by atoms with Gasteiger partial charge in [-0.15, -0.1) is 0 Å². The summed E-state index contributed by atoms with van der Waals surface area (Å²) < 4.78 is 11.0. The summed E-state index contributed by atoms with van der Waals surface area (Å²) in [6.07, 6.45) is 3.33. The summed E-state index contributed by atoms with van der Waals surface area (Å²) in [5.41, 5.74) is 8.96. The van der Waals surface area contributed by atoms with Gasteiger partial charge in [0.15, 0.2) is 6.79 Å². The number of hydrogen-bond acceptors (Lipinski definition) is 5. The lowest BCUT2D eigenvalue weighted by Crippen LogP contribution is -2.29. The zero-order valence-corrected chi connectivity index (χ0v) is 13.3. The van der Waals surface area contributed by atoms with Gasteiger partial charge in [-0.2, -0.15) is 11.8 Å². The van der Waals surface area contributed by atoms with Crippen LogP contribution in [0.15, 0.2) is 12.1 Å². The van der Waals surface area contributed by atoms with E-state index in [4.69, 9.17) is 15.2 Å². The van der Waals surface area contributed by atoms with Crippen LogP contribution in [0.4, 0.5) is 5.69 Å². The number of anilines is 1. The number of hydrogen-bond donors (Lipinski definition) is 1. The quantitative estimate of drug-likeness (QED) is 0.818. The highest BCUT2D eigenvalue weighted by molar-refractivity contribution is 7.98. The van der Waals surface area contributed by atoms with Crippen LogP contribution in [0.2, 0.25) is 0 Å². The summed E-state index contributed by atoms with van der Waals surface area (Å²) in [7, 11) is 2.15. The second kappa shape index (κ2) is 7.20. The lowest BCUT2D eigenvalue weighted by atomic mass is 10.1. The van der Waals surface area contributed by atoms with Crippen molar-refractivity contribution >= 4 is 17.4 Å². The molecule has 1 unspecified atom stereocenters. The molecule has 1 aliphatic heterocycles. The first kappa shape index (κ1) is 15.5. The standard InChI is InChI=1S/C15H24N2O2S/c1-11(4-5-20-3)17(2)8-12-6-14(16)7-13-9-18-10-19-15(12)13/h6-7,11H,4-5,8-10,16H2,1-3H3. The Labute approximate surface area is 125 Å². The number of ether oxygens (including phenoxy) is 2. The summed E-state index contributed by atoms with van der Waals surface area (Å²) in [6.45, 7) is 4.02. The minimum atomic E-state index is 0.329. The molecular weight excluding hydrogens is 272 g/mol. The van der Waals surface area contributed by atoms with E-state index in [9.17, 15) is 0 Å². The van der Waals surface area contributed by atoms with Crippen molar-refractivity contribution in [3.8, 4) is 5.75 Å². The first-order chi connectivity index (χ1) is 9.61. The van der Waals surface area contributed by atoms with Gasteiger partial charge >= 0.3 is 0 Å². The van der Waals surface area contributed by atoms with Crippen LogP contribution in [-0.2, 0) is 17.9 Å². The van der Waals surface area contributed by atoms with E-state index in [0.29, 0.717) is 19.4 Å². The summed E-state index contributed by atoms with van der Waals surface area (Å²) in [5.74, 6) is 2.14. The van der Waals surface area contributed by atoms with Crippen molar-refractivity contribution in [2.24, 2.45) is 0 Å². The third-order valence-corrected chi connectivity index (χ3v) is 4.37. The van der Waals surface area contributed by atoms with Crippen LogP contribution >= 0.6 is 11.8 Å². The molecule has 0 bridgehead atoms. The smallest absolute Gasteiger partial charge is 0.189 e. The van der Waals surface area contributed by atoms with E-state index in [1.165, 1.54) is 12.2 Å². The van der Waals surface area contributed by atoms with Crippen LogP contribution in [0.25, 0.3) is 0 Å². The second-order valence-electron chi connectivity index (χ2n) is 5.32. The fourth-order valence-corrected chi connectivity index (χ4v) is 2.95. The van der Waals surface area contributed by atoms with Crippen molar-refractivity contribution in [2.75, 3.05) is 31.6 Å². The minimum Gasteiger partial charge on any atom is -0.467 e. The van der Waals surface area contributed by atoms with Crippen LogP contribution in [0.5, 0.6) is 5.75 Å². The number of thioether (sulfide) groups is 1. The van der Waals surface area contributed by atoms with Gasteiger partial charge in [0, 0.05) is 29.4 Å². The van der Waals surface area contributed by atoms with Crippen LogP contribution in [-0.4, -0.2) is 36.8 Å². The van der Waals surface area contributed by atoms with Gasteiger partial charge in [0.25, 0.3) is 0 Å². The van der Waals surface area contributed by atoms with E-state index in [2.05, 4.69) is 25.1 Å². The molecule has 1 aliphatic rings. The van der Waals surface area contributed by atoms with Gasteiger partial charge in [-0.1, -0.05) is 0 Å². The molecule has 5 heteroatoms. The third kappa shape index (κ3) is 3.81. The highest BCUT2D eigenvalue weighted by Gasteiger charge is 2.18. The van der Waals surface area contributed by atoms with Crippen molar-refractivity contribution in [1.82, 2.24) is 4.90 Å². The molecule has 1 aromatic rings. The fraction of sp³-hybridized carbons (Fsp3) is 0.600. The number of rotatable bonds is 6. The zero-order valence-electron chi connectivity index (χ0n) is 12.5. The maximum absolute atomic E-state index is 5.98. The van der Waals surface area contributed by atoms with Gasteiger partial charge in [-0.05, 0) is 44.5 Å². The molecule has 4 nitrogen and oxygen atoms in total. The lowest BCUT2D eigenvalue weighted by molar-refractivity contribution is -0.0174. The maximum Gasteiger partial charge on any atom is 0.189 e. The van der Waals surface area contributed by atoms with Crippen molar-refractivity contribution in [2.45, 2.75) is 32.5 Å². The molecule has 20 heavy (non-hydrogen) atoms. The average Bonchev–Trinajstić information content (AvgIpc) is 2.44. The Balaban J connectivity index is 2.10. The molecular formula is C15H24N2O2S. The Kier molecular flexibility index (Phi) is 5.57. The van der Waals surface area contributed by atoms with Crippen LogP contribution in [0, 0.1) is 0 Å². The van der Waals surface area contributed by atoms with E-state index in [1.807, 2.05) is 23.9 Å². The lowest BCUT2D eigenvalue weighted by Gasteiger charge is -2.27. The zero-order chi connectivity index (χ0) is 14.5. The highest BCUT2D eigenvalue weighted by Crippen LogP contribution is 2.31. The normalized spacial score (nSPS) is 15.8. The maximum atomic E-state index is 5.98. The fourth-order valence-electron chi connectivity index (χ4n) is 2.38. The second-order valence-corrected chi connectivity index (χ2v) is 6.31. The molecule has 0 radical (unpaired) electrons. The van der Waals surface area contributed by atoms with E-state index < -0.39 is 0 Å². The number of fused-ring (bicyclic) bond motifs is 1. The number of nitrogens with zero attached hydrogens (tertiary/aromatic N) is 1. The molecule has 112 valence electrons. The molecule has 1 atom stereocenters. The number of benzene rings is 1. The summed E-state index contributed by atoms with van der Waals surface area (Å²) in [4.78, 5) is 2.35. The van der Waals surface area contributed by atoms with Crippen molar-refractivity contribution in [1.29, 1.82) is 0 Å². The molecule has 0 fully saturated rings. The predicted octanol–water partition coefficient (Wildman–Crippen LogP) is 2.71. The Morgan fingerprint density at radius 2 is 2.25 bits per heavy atom. The molecule has 1 aromatic carbocycles. The van der Waals surface area contributed by atoms with Gasteiger partial charge in [0.2, 0.25) is 0 Å². The molecule has 0 amide bonds. The Morgan fingerprint density at radius 3 is 3.00 bits per heavy atom. The minimum absolute atomic E-state index is 0.329. The Morgan fingerprint density at radius 1 is 1.45 bits per heavy atom. The molecule has 0 aromatic heterocycles. The molecule has 2 rings (SSSR count). The Bertz CT molecular complexity index is 454. The monoisotopic (exact) mass is 296 g/mol. The topological polar surface area (TPSA) is 47.7 Å². The molecule has 1 heterocycles. The van der Waals surface area contributed by atoms with Gasteiger partial charge in [0.05, 0.1) is 6.61 Å². The molecule has 0 spiro atoms. The van der Waals surface area contributed by atoms with Gasteiger partial charge in [-0.25, -0.2) is 0 Å². The first-order valence-electron chi connectivity index (χ1n) is 6.92. The van der Waals surface area contributed by atoms with Crippen molar-refractivity contribution in [3.05, 3.63) is 23.3 Å². The van der Waals surface area contributed by atoms with Crippen LogP contribution in [0.1, 0.15) is 24.5 Å². The summed E-state index contributed by atoms with van der Waals surface area (Å²) in [6, 6.07) is 4.50. The van der Waals surface area contributed by atoms with Crippen molar-refractivity contribution in [3.63, 3.8) is 0 Å². The van der Waals surface area contributed by atoms with Gasteiger partial charge in [-0.3, -0.25) is 4.90 Å².